The zero-order chi connectivity index (χ0) is 20.2. The van der Waals surface area contributed by atoms with E-state index in [9.17, 15) is 23.1 Å². The van der Waals surface area contributed by atoms with Crippen LogP contribution in [-0.4, -0.2) is 55.8 Å². The summed E-state index contributed by atoms with van der Waals surface area (Å²) in [5, 5.41) is 11.7. The van der Waals surface area contributed by atoms with E-state index in [4.69, 9.17) is 0 Å². The Kier molecular flexibility index (Phi) is 6.59. The van der Waals surface area contributed by atoms with E-state index < -0.39 is 22.0 Å². The number of carbonyl (C=O) groups excluding carboxylic acids is 1. The van der Waals surface area contributed by atoms with Crippen molar-refractivity contribution in [3.8, 4) is 0 Å². The average molecular weight is 395 g/mol. The SMILES string of the molecule is CC(C)CC(NC(=O)CCCN(C)C1=NS(=O)(=O)c2ccccc21)C(=O)O. The van der Waals surface area contributed by atoms with Crippen molar-refractivity contribution in [3.63, 3.8) is 0 Å². The molecule has 0 aromatic heterocycles. The van der Waals surface area contributed by atoms with E-state index in [1.807, 2.05) is 13.8 Å². The number of carboxylic acid groups (broad SMARTS) is 1. The predicted octanol–water partition coefficient (Wildman–Crippen LogP) is 1.46. The Balaban J connectivity index is 1.90. The molecule has 1 aliphatic rings. The summed E-state index contributed by atoms with van der Waals surface area (Å²) >= 11 is 0. The lowest BCUT2D eigenvalue weighted by Crippen LogP contribution is -2.41. The van der Waals surface area contributed by atoms with Crippen molar-refractivity contribution in [2.24, 2.45) is 10.3 Å². The molecule has 9 heteroatoms. The fourth-order valence-electron chi connectivity index (χ4n) is 2.91. The van der Waals surface area contributed by atoms with Crippen LogP contribution in [0, 0.1) is 5.92 Å². The number of nitrogens with one attached hydrogen (secondary N) is 1. The summed E-state index contributed by atoms with van der Waals surface area (Å²) in [6, 6.07) is 5.72. The maximum absolute atomic E-state index is 12.1. The third-order valence-corrected chi connectivity index (χ3v) is 5.54. The van der Waals surface area contributed by atoms with Gasteiger partial charge in [0.15, 0.2) is 0 Å². The van der Waals surface area contributed by atoms with Crippen LogP contribution in [0.5, 0.6) is 0 Å². The first kappa shape index (κ1) is 20.9. The summed E-state index contributed by atoms with van der Waals surface area (Å²) in [5.41, 5.74) is 0.548. The van der Waals surface area contributed by atoms with Gasteiger partial charge in [0, 0.05) is 25.6 Å². The molecule has 1 atom stereocenters. The van der Waals surface area contributed by atoms with Gasteiger partial charge in [-0.3, -0.25) is 4.79 Å². The molecule has 1 amide bonds. The van der Waals surface area contributed by atoms with Gasteiger partial charge >= 0.3 is 5.97 Å². The number of carboxylic acids is 1. The van der Waals surface area contributed by atoms with Crippen molar-refractivity contribution < 1.29 is 23.1 Å². The standard InChI is InChI=1S/C18H25N3O5S/c1-12(2)11-14(18(23)24)19-16(22)9-6-10-21(3)17-13-7-4-5-8-15(13)27(25,26)20-17/h4-5,7-8,12,14H,6,9-11H2,1-3H3,(H,19,22)(H,23,24). The number of amides is 1. The highest BCUT2D eigenvalue weighted by molar-refractivity contribution is 7.90. The molecule has 0 bridgehead atoms. The highest BCUT2D eigenvalue weighted by Crippen LogP contribution is 2.26. The number of hydrogen-bond donors (Lipinski definition) is 2. The van der Waals surface area contributed by atoms with Crippen molar-refractivity contribution in [3.05, 3.63) is 29.8 Å². The van der Waals surface area contributed by atoms with E-state index in [0.717, 1.165) is 0 Å². The Morgan fingerprint density at radius 1 is 1.26 bits per heavy atom. The molecule has 1 heterocycles. The van der Waals surface area contributed by atoms with Gasteiger partial charge in [-0.1, -0.05) is 26.0 Å². The minimum absolute atomic E-state index is 0.147. The lowest BCUT2D eigenvalue weighted by Gasteiger charge is -2.19. The highest BCUT2D eigenvalue weighted by Gasteiger charge is 2.30. The van der Waals surface area contributed by atoms with E-state index in [2.05, 4.69) is 9.71 Å². The number of benzene rings is 1. The molecule has 0 saturated carbocycles. The summed E-state index contributed by atoms with van der Waals surface area (Å²) in [5.74, 6) is -0.872. The van der Waals surface area contributed by atoms with Crippen molar-refractivity contribution in [2.45, 2.75) is 44.0 Å². The fraction of sp³-hybridized carbons (Fsp3) is 0.500. The van der Waals surface area contributed by atoms with Gasteiger partial charge in [-0.25, -0.2) is 4.79 Å². The molecule has 0 spiro atoms. The number of nitrogens with zero attached hydrogens (tertiary/aromatic N) is 2. The van der Waals surface area contributed by atoms with E-state index in [1.54, 1.807) is 30.1 Å². The molecular weight excluding hydrogens is 370 g/mol. The predicted molar refractivity (Wildman–Crippen MR) is 101 cm³/mol. The third-order valence-electron chi connectivity index (χ3n) is 4.21. The first-order chi connectivity index (χ1) is 12.6. The quantitative estimate of drug-likeness (QED) is 0.688. The number of sulfonamides is 1. The topological polar surface area (TPSA) is 116 Å². The molecule has 1 aromatic rings. The van der Waals surface area contributed by atoms with E-state index >= 15 is 0 Å². The summed E-state index contributed by atoms with van der Waals surface area (Å²) in [7, 11) is -1.96. The van der Waals surface area contributed by atoms with E-state index in [1.165, 1.54) is 6.07 Å². The highest BCUT2D eigenvalue weighted by atomic mass is 32.2. The van der Waals surface area contributed by atoms with Crippen molar-refractivity contribution in [2.75, 3.05) is 13.6 Å². The van der Waals surface area contributed by atoms with Crippen LogP contribution in [0.25, 0.3) is 0 Å². The van der Waals surface area contributed by atoms with Gasteiger partial charge in [-0.05, 0) is 30.9 Å². The Hall–Kier alpha value is -2.42. The van der Waals surface area contributed by atoms with E-state index in [-0.39, 0.29) is 23.1 Å². The maximum atomic E-state index is 12.1. The molecule has 0 fully saturated rings. The number of aliphatic carboxylic acids is 1. The molecule has 2 rings (SSSR count). The molecule has 0 saturated heterocycles. The van der Waals surface area contributed by atoms with Crippen LogP contribution in [0.2, 0.25) is 0 Å². The Morgan fingerprint density at radius 2 is 1.93 bits per heavy atom. The lowest BCUT2D eigenvalue weighted by atomic mass is 10.0. The van der Waals surface area contributed by atoms with Gasteiger partial charge in [-0.2, -0.15) is 8.42 Å². The molecule has 1 aromatic carbocycles. The van der Waals surface area contributed by atoms with Crippen molar-refractivity contribution >= 4 is 27.7 Å². The van der Waals surface area contributed by atoms with Crippen LogP contribution in [0.1, 0.15) is 38.7 Å². The smallest absolute Gasteiger partial charge is 0.326 e. The average Bonchev–Trinajstić information content (AvgIpc) is 2.85. The number of carbonyl (C=O) groups is 2. The monoisotopic (exact) mass is 395 g/mol. The minimum Gasteiger partial charge on any atom is -0.480 e. The number of rotatable bonds is 8. The summed E-state index contributed by atoms with van der Waals surface area (Å²) in [6.07, 6.45) is 0.956. The molecule has 2 N–H and O–H groups in total. The summed E-state index contributed by atoms with van der Waals surface area (Å²) < 4.78 is 28.0. The molecule has 8 nitrogen and oxygen atoms in total. The normalized spacial score (nSPS) is 15.8. The van der Waals surface area contributed by atoms with Crippen molar-refractivity contribution in [1.82, 2.24) is 10.2 Å². The van der Waals surface area contributed by atoms with Crippen molar-refractivity contribution in [1.29, 1.82) is 0 Å². The lowest BCUT2D eigenvalue weighted by molar-refractivity contribution is -0.142. The molecule has 1 unspecified atom stereocenters. The maximum Gasteiger partial charge on any atom is 0.326 e. The van der Waals surface area contributed by atoms with Gasteiger partial charge in [0.05, 0.1) is 0 Å². The van der Waals surface area contributed by atoms with Crippen LogP contribution in [0.4, 0.5) is 0 Å². The first-order valence-electron chi connectivity index (χ1n) is 8.79. The molecule has 1 aliphatic heterocycles. The minimum atomic E-state index is -3.68. The third kappa shape index (κ3) is 5.29. The zero-order valence-corrected chi connectivity index (χ0v) is 16.5. The second-order valence-corrected chi connectivity index (χ2v) is 8.57. The van der Waals surface area contributed by atoms with Gasteiger partial charge in [-0.15, -0.1) is 4.40 Å². The number of amidine groups is 1. The first-order valence-corrected chi connectivity index (χ1v) is 10.2. The number of hydrogen-bond acceptors (Lipinski definition) is 5. The molecular formula is C18H25N3O5S. The second kappa shape index (κ2) is 8.51. The molecule has 0 aliphatic carbocycles. The number of fused-ring (bicyclic) bond motifs is 1. The van der Waals surface area contributed by atoms with Gasteiger partial charge in [0.2, 0.25) is 5.91 Å². The van der Waals surface area contributed by atoms with Gasteiger partial charge < -0.3 is 15.3 Å². The summed E-state index contributed by atoms with van der Waals surface area (Å²) in [4.78, 5) is 25.1. The van der Waals surface area contributed by atoms with Crippen LogP contribution >= 0.6 is 0 Å². The van der Waals surface area contributed by atoms with Crippen LogP contribution < -0.4 is 5.32 Å². The summed E-state index contributed by atoms with van der Waals surface area (Å²) in [6.45, 7) is 4.20. The Labute approximate surface area is 159 Å². The Bertz CT molecular complexity index is 848. The largest absolute Gasteiger partial charge is 0.480 e. The zero-order valence-electron chi connectivity index (χ0n) is 15.7. The Morgan fingerprint density at radius 3 is 2.56 bits per heavy atom. The van der Waals surface area contributed by atoms with Crippen LogP contribution in [0.3, 0.4) is 0 Å². The van der Waals surface area contributed by atoms with Crippen LogP contribution in [-0.2, 0) is 19.6 Å². The molecule has 148 valence electrons. The van der Waals surface area contributed by atoms with Gasteiger partial charge in [0.1, 0.15) is 16.8 Å². The van der Waals surface area contributed by atoms with Crippen LogP contribution in [0.15, 0.2) is 33.6 Å². The molecule has 27 heavy (non-hydrogen) atoms. The van der Waals surface area contributed by atoms with E-state index in [0.29, 0.717) is 30.8 Å². The fourth-order valence-corrected chi connectivity index (χ4v) is 4.16. The molecule has 0 radical (unpaired) electrons. The second-order valence-electron chi connectivity index (χ2n) is 7.00. The van der Waals surface area contributed by atoms with Gasteiger partial charge in [0.25, 0.3) is 10.0 Å².